The number of likely N-dealkylation sites (N-methyl/N-ethyl adjacent to an activating group) is 1. The number of para-hydroxylation sites is 1. The van der Waals surface area contributed by atoms with Gasteiger partial charge in [0.15, 0.2) is 11.6 Å². The lowest BCUT2D eigenvalue weighted by molar-refractivity contribution is -0.902. The first-order chi connectivity index (χ1) is 10.5. The van der Waals surface area contributed by atoms with E-state index in [2.05, 4.69) is 32.3 Å². The highest BCUT2D eigenvalue weighted by Crippen LogP contribution is 2.32. The molecule has 1 heterocycles. The molecule has 2 aromatic rings. The Morgan fingerprint density at radius 1 is 1.41 bits per heavy atom. The molecule has 22 heavy (non-hydrogen) atoms. The van der Waals surface area contributed by atoms with Crippen molar-refractivity contribution >= 4 is 27.5 Å². The molecule has 0 saturated heterocycles. The molecule has 3 atom stereocenters. The van der Waals surface area contributed by atoms with Crippen molar-refractivity contribution in [2.24, 2.45) is 5.92 Å². The molecule has 1 aromatic heterocycles. The fourth-order valence-corrected chi connectivity index (χ4v) is 3.82. The Kier molecular flexibility index (Phi) is 4.45. The van der Waals surface area contributed by atoms with Gasteiger partial charge in [0.05, 0.1) is 17.3 Å². The summed E-state index contributed by atoms with van der Waals surface area (Å²) >= 11 is 1.73. The van der Waals surface area contributed by atoms with Crippen molar-refractivity contribution in [2.75, 3.05) is 13.6 Å². The molecule has 1 fully saturated rings. The van der Waals surface area contributed by atoms with Crippen molar-refractivity contribution in [2.45, 2.75) is 38.8 Å². The maximum Gasteiger partial charge on any atom is 0.275 e. The quantitative estimate of drug-likeness (QED) is 0.853. The van der Waals surface area contributed by atoms with E-state index in [1.165, 1.54) is 22.4 Å². The summed E-state index contributed by atoms with van der Waals surface area (Å²) in [5.74, 6) is 0.843. The normalized spacial score (nSPS) is 18.9. The Morgan fingerprint density at radius 3 is 2.82 bits per heavy atom. The maximum absolute atomic E-state index is 12.2. The maximum atomic E-state index is 12.2. The summed E-state index contributed by atoms with van der Waals surface area (Å²) in [4.78, 5) is 18.0. The van der Waals surface area contributed by atoms with Gasteiger partial charge in [0.1, 0.15) is 6.04 Å². The Morgan fingerprint density at radius 2 is 2.14 bits per heavy atom. The molecular formula is C17H24N3OS+. The summed E-state index contributed by atoms with van der Waals surface area (Å²) in [5, 5.41) is 4.23. The van der Waals surface area contributed by atoms with Gasteiger partial charge >= 0.3 is 0 Å². The van der Waals surface area contributed by atoms with Gasteiger partial charge in [-0.05, 0) is 44.7 Å². The number of rotatable bonds is 6. The number of nitrogens with zero attached hydrogens (tertiary/aromatic N) is 1. The van der Waals surface area contributed by atoms with Crippen molar-refractivity contribution in [1.82, 2.24) is 10.3 Å². The molecule has 1 amide bonds. The van der Waals surface area contributed by atoms with E-state index in [1.54, 1.807) is 11.3 Å². The SMILES string of the molecule is C[C@H](NC(=O)C[NH+](C)[C@H](C)c1nc2ccccc2s1)C1CC1. The zero-order valence-corrected chi connectivity index (χ0v) is 14.2. The number of benzene rings is 1. The molecular weight excluding hydrogens is 294 g/mol. The number of fused-ring (bicyclic) bond motifs is 1. The van der Waals surface area contributed by atoms with Crippen LogP contribution < -0.4 is 10.2 Å². The van der Waals surface area contributed by atoms with E-state index >= 15 is 0 Å². The summed E-state index contributed by atoms with van der Waals surface area (Å²) in [6.45, 7) is 4.75. The van der Waals surface area contributed by atoms with Gasteiger partial charge in [-0.3, -0.25) is 4.79 Å². The summed E-state index contributed by atoms with van der Waals surface area (Å²) in [6, 6.07) is 8.74. The van der Waals surface area contributed by atoms with Crippen molar-refractivity contribution in [3.8, 4) is 0 Å². The van der Waals surface area contributed by atoms with Crippen LogP contribution in [-0.2, 0) is 4.79 Å². The average Bonchev–Trinajstić information content (AvgIpc) is 3.25. The van der Waals surface area contributed by atoms with Gasteiger partial charge in [0.25, 0.3) is 5.91 Å². The van der Waals surface area contributed by atoms with Crippen molar-refractivity contribution in [3.05, 3.63) is 29.3 Å². The minimum Gasteiger partial charge on any atom is -0.348 e. The molecule has 1 saturated carbocycles. The van der Waals surface area contributed by atoms with Crippen LogP contribution in [0.15, 0.2) is 24.3 Å². The summed E-state index contributed by atoms with van der Waals surface area (Å²) in [6.07, 6.45) is 2.51. The van der Waals surface area contributed by atoms with E-state index in [0.717, 1.165) is 10.5 Å². The van der Waals surface area contributed by atoms with Crippen molar-refractivity contribution in [3.63, 3.8) is 0 Å². The summed E-state index contributed by atoms with van der Waals surface area (Å²) < 4.78 is 1.21. The first-order valence-corrected chi connectivity index (χ1v) is 8.83. The Bertz CT molecular complexity index is 632. The van der Waals surface area contributed by atoms with Crippen LogP contribution in [0.5, 0.6) is 0 Å². The average molecular weight is 318 g/mol. The van der Waals surface area contributed by atoms with Crippen LogP contribution in [0.4, 0.5) is 0 Å². The molecule has 0 spiro atoms. The molecule has 2 N–H and O–H groups in total. The van der Waals surface area contributed by atoms with E-state index in [-0.39, 0.29) is 11.9 Å². The van der Waals surface area contributed by atoms with Crippen LogP contribution in [0.1, 0.15) is 37.7 Å². The molecule has 0 bridgehead atoms. The van der Waals surface area contributed by atoms with Crippen molar-refractivity contribution < 1.29 is 9.69 Å². The second kappa shape index (κ2) is 6.34. The first kappa shape index (κ1) is 15.4. The Balaban J connectivity index is 1.60. The van der Waals surface area contributed by atoms with Gasteiger partial charge in [-0.1, -0.05) is 12.1 Å². The smallest absolute Gasteiger partial charge is 0.275 e. The number of thiazole rings is 1. The number of aromatic nitrogens is 1. The fraction of sp³-hybridized carbons (Fsp3) is 0.529. The third-order valence-electron chi connectivity index (χ3n) is 4.58. The van der Waals surface area contributed by atoms with Gasteiger partial charge in [-0.2, -0.15) is 0 Å². The molecule has 118 valence electrons. The molecule has 0 radical (unpaired) electrons. The highest BCUT2D eigenvalue weighted by atomic mass is 32.1. The van der Waals surface area contributed by atoms with Crippen LogP contribution in [-0.4, -0.2) is 30.5 Å². The lowest BCUT2D eigenvalue weighted by Crippen LogP contribution is -3.10. The largest absolute Gasteiger partial charge is 0.348 e. The third-order valence-corrected chi connectivity index (χ3v) is 5.80. The lowest BCUT2D eigenvalue weighted by Gasteiger charge is -2.20. The van der Waals surface area contributed by atoms with E-state index in [1.807, 2.05) is 18.2 Å². The highest BCUT2D eigenvalue weighted by Gasteiger charge is 2.30. The van der Waals surface area contributed by atoms with E-state index in [9.17, 15) is 4.79 Å². The van der Waals surface area contributed by atoms with Gasteiger partial charge in [0, 0.05) is 6.04 Å². The third kappa shape index (κ3) is 3.47. The van der Waals surface area contributed by atoms with Crippen LogP contribution in [0.25, 0.3) is 10.2 Å². The molecule has 1 unspecified atom stereocenters. The molecule has 0 aliphatic heterocycles. The van der Waals surface area contributed by atoms with Crippen LogP contribution >= 0.6 is 11.3 Å². The van der Waals surface area contributed by atoms with Gasteiger partial charge in [0.2, 0.25) is 0 Å². The molecule has 5 heteroatoms. The minimum atomic E-state index is 0.143. The number of hydrogen-bond donors (Lipinski definition) is 2. The number of quaternary nitrogens is 1. The number of amides is 1. The minimum absolute atomic E-state index is 0.143. The second-order valence-corrected chi connectivity index (χ2v) is 7.52. The lowest BCUT2D eigenvalue weighted by atomic mass is 10.2. The molecule has 4 nitrogen and oxygen atoms in total. The number of nitrogens with one attached hydrogen (secondary N) is 2. The van der Waals surface area contributed by atoms with E-state index in [4.69, 9.17) is 4.98 Å². The van der Waals surface area contributed by atoms with Gasteiger partial charge in [-0.25, -0.2) is 4.98 Å². The zero-order valence-electron chi connectivity index (χ0n) is 13.4. The van der Waals surface area contributed by atoms with Crippen LogP contribution in [0.2, 0.25) is 0 Å². The van der Waals surface area contributed by atoms with Gasteiger partial charge < -0.3 is 10.2 Å². The molecule has 1 aromatic carbocycles. The molecule has 3 rings (SSSR count). The standard InChI is InChI=1S/C17H23N3OS/c1-11(13-8-9-13)18-16(21)10-20(3)12(2)17-19-14-6-4-5-7-15(14)22-17/h4-7,11-13H,8-10H2,1-3H3,(H,18,21)/p+1/t11-,12+/m0/s1. The first-order valence-electron chi connectivity index (χ1n) is 8.01. The number of hydrogen-bond acceptors (Lipinski definition) is 3. The molecule has 1 aliphatic carbocycles. The summed E-state index contributed by atoms with van der Waals surface area (Å²) in [7, 11) is 2.07. The zero-order chi connectivity index (χ0) is 15.7. The summed E-state index contributed by atoms with van der Waals surface area (Å²) in [5.41, 5.74) is 1.05. The van der Waals surface area contributed by atoms with Gasteiger partial charge in [-0.15, -0.1) is 11.3 Å². The highest BCUT2D eigenvalue weighted by molar-refractivity contribution is 7.18. The number of carbonyl (C=O) groups is 1. The van der Waals surface area contributed by atoms with Crippen LogP contribution in [0.3, 0.4) is 0 Å². The predicted molar refractivity (Wildman–Crippen MR) is 90.1 cm³/mol. The molecule has 1 aliphatic rings. The topological polar surface area (TPSA) is 46.4 Å². The fourth-order valence-electron chi connectivity index (χ4n) is 2.71. The predicted octanol–water partition coefficient (Wildman–Crippen LogP) is 1.79. The van der Waals surface area contributed by atoms with E-state index < -0.39 is 0 Å². The number of carbonyl (C=O) groups excluding carboxylic acids is 1. The van der Waals surface area contributed by atoms with E-state index in [0.29, 0.717) is 18.5 Å². The van der Waals surface area contributed by atoms with Crippen molar-refractivity contribution in [1.29, 1.82) is 0 Å². The second-order valence-electron chi connectivity index (χ2n) is 6.46. The Hall–Kier alpha value is -1.46. The van der Waals surface area contributed by atoms with Crippen LogP contribution in [0, 0.1) is 5.92 Å². The Labute approximate surface area is 135 Å². The monoisotopic (exact) mass is 318 g/mol.